The van der Waals surface area contributed by atoms with Gasteiger partial charge in [0.25, 0.3) is 0 Å². The van der Waals surface area contributed by atoms with Gasteiger partial charge in [0.2, 0.25) is 0 Å². The highest BCUT2D eigenvalue weighted by Crippen LogP contribution is 2.31. The molecule has 0 saturated carbocycles. The van der Waals surface area contributed by atoms with E-state index in [9.17, 15) is 5.11 Å². The molecule has 1 aromatic rings. The van der Waals surface area contributed by atoms with Gasteiger partial charge < -0.3 is 9.84 Å². The molecule has 0 bridgehead atoms. The molecule has 0 spiro atoms. The SMILES string of the molecule is CC(C)C1CC(O)(Cc2ccc(Br)cn2)CCO1. The molecule has 2 atom stereocenters. The van der Waals surface area contributed by atoms with Crippen molar-refractivity contribution in [3.63, 3.8) is 0 Å². The van der Waals surface area contributed by atoms with Crippen molar-refractivity contribution in [3.8, 4) is 0 Å². The van der Waals surface area contributed by atoms with E-state index in [1.807, 2.05) is 12.1 Å². The molecule has 3 nitrogen and oxygen atoms in total. The zero-order valence-corrected chi connectivity index (χ0v) is 12.5. The Bertz CT molecular complexity index is 393. The molecule has 18 heavy (non-hydrogen) atoms. The Balaban J connectivity index is 2.04. The fraction of sp³-hybridized carbons (Fsp3) is 0.643. The summed E-state index contributed by atoms with van der Waals surface area (Å²) in [5.74, 6) is 0.440. The van der Waals surface area contributed by atoms with Crippen LogP contribution in [-0.2, 0) is 11.2 Å². The highest BCUT2D eigenvalue weighted by Gasteiger charge is 2.36. The van der Waals surface area contributed by atoms with E-state index in [1.165, 1.54) is 0 Å². The minimum atomic E-state index is -0.673. The average molecular weight is 314 g/mol. The molecule has 4 heteroatoms. The van der Waals surface area contributed by atoms with Crippen LogP contribution in [-0.4, -0.2) is 28.4 Å². The number of aliphatic hydroxyl groups is 1. The number of aromatic nitrogens is 1. The van der Waals surface area contributed by atoms with E-state index in [-0.39, 0.29) is 6.10 Å². The van der Waals surface area contributed by atoms with E-state index in [4.69, 9.17) is 4.74 Å². The molecule has 100 valence electrons. The van der Waals surface area contributed by atoms with E-state index in [1.54, 1.807) is 6.20 Å². The number of nitrogens with zero attached hydrogens (tertiary/aromatic N) is 1. The zero-order chi connectivity index (χ0) is 13.2. The van der Waals surface area contributed by atoms with Gasteiger partial charge in [-0.15, -0.1) is 0 Å². The first-order valence-corrected chi connectivity index (χ1v) is 7.22. The van der Waals surface area contributed by atoms with Crippen LogP contribution in [0.3, 0.4) is 0 Å². The molecule has 0 radical (unpaired) electrons. The lowest BCUT2D eigenvalue weighted by Crippen LogP contribution is -2.44. The molecule has 0 aliphatic carbocycles. The van der Waals surface area contributed by atoms with Crippen LogP contribution >= 0.6 is 15.9 Å². The molecule has 0 amide bonds. The number of rotatable bonds is 3. The quantitative estimate of drug-likeness (QED) is 0.933. The third-order valence-electron chi connectivity index (χ3n) is 3.52. The number of pyridine rings is 1. The maximum absolute atomic E-state index is 10.7. The van der Waals surface area contributed by atoms with Gasteiger partial charge in [0.1, 0.15) is 0 Å². The Kier molecular flexibility index (Phi) is 4.41. The van der Waals surface area contributed by atoms with E-state index < -0.39 is 5.60 Å². The summed E-state index contributed by atoms with van der Waals surface area (Å²) in [6, 6.07) is 3.92. The lowest BCUT2D eigenvalue weighted by Gasteiger charge is -2.38. The molecule has 2 unspecified atom stereocenters. The summed E-state index contributed by atoms with van der Waals surface area (Å²) in [6.45, 7) is 4.90. The topological polar surface area (TPSA) is 42.4 Å². The van der Waals surface area contributed by atoms with Crippen molar-refractivity contribution in [1.29, 1.82) is 0 Å². The summed E-state index contributed by atoms with van der Waals surface area (Å²) in [7, 11) is 0. The number of halogens is 1. The minimum Gasteiger partial charge on any atom is -0.389 e. The largest absolute Gasteiger partial charge is 0.389 e. The van der Waals surface area contributed by atoms with Gasteiger partial charge in [0, 0.05) is 35.8 Å². The van der Waals surface area contributed by atoms with Crippen molar-refractivity contribution in [2.75, 3.05) is 6.61 Å². The summed E-state index contributed by atoms with van der Waals surface area (Å²) in [5, 5.41) is 10.7. The Morgan fingerprint density at radius 3 is 2.94 bits per heavy atom. The molecule has 1 fully saturated rings. The monoisotopic (exact) mass is 313 g/mol. The summed E-state index contributed by atoms with van der Waals surface area (Å²) >= 11 is 3.37. The second-order valence-electron chi connectivity index (χ2n) is 5.48. The van der Waals surface area contributed by atoms with E-state index in [0.29, 0.717) is 31.8 Å². The molecule has 2 rings (SSSR count). The minimum absolute atomic E-state index is 0.152. The van der Waals surface area contributed by atoms with Crippen LogP contribution in [0.2, 0.25) is 0 Å². The molecule has 1 aliphatic heterocycles. The van der Waals surface area contributed by atoms with E-state index >= 15 is 0 Å². The number of hydrogen-bond donors (Lipinski definition) is 1. The fourth-order valence-electron chi connectivity index (χ4n) is 2.37. The Morgan fingerprint density at radius 1 is 1.56 bits per heavy atom. The summed E-state index contributed by atoms with van der Waals surface area (Å²) in [5.41, 5.74) is 0.263. The van der Waals surface area contributed by atoms with E-state index in [2.05, 4.69) is 34.8 Å². The van der Waals surface area contributed by atoms with Crippen molar-refractivity contribution in [2.45, 2.75) is 44.8 Å². The van der Waals surface area contributed by atoms with Crippen molar-refractivity contribution >= 4 is 15.9 Å². The van der Waals surface area contributed by atoms with Crippen LogP contribution in [0.4, 0.5) is 0 Å². The predicted octanol–water partition coefficient (Wildman–Crippen LogP) is 2.95. The molecule has 0 aromatic carbocycles. The number of hydrogen-bond acceptors (Lipinski definition) is 3. The second kappa shape index (κ2) is 5.68. The van der Waals surface area contributed by atoms with Crippen LogP contribution in [0, 0.1) is 5.92 Å². The summed E-state index contributed by atoms with van der Waals surface area (Å²) < 4.78 is 6.67. The van der Waals surface area contributed by atoms with Crippen LogP contribution < -0.4 is 0 Å². The van der Waals surface area contributed by atoms with Crippen molar-refractivity contribution < 1.29 is 9.84 Å². The standard InChI is InChI=1S/C14H20BrNO2/c1-10(2)13-8-14(17,5-6-18-13)7-12-4-3-11(15)9-16-12/h3-4,9-10,13,17H,5-8H2,1-2H3. The van der Waals surface area contributed by atoms with Gasteiger partial charge in [-0.2, -0.15) is 0 Å². The van der Waals surface area contributed by atoms with Crippen LogP contribution in [0.5, 0.6) is 0 Å². The van der Waals surface area contributed by atoms with Crippen LogP contribution in [0.15, 0.2) is 22.8 Å². The molecular weight excluding hydrogens is 294 g/mol. The molecule has 1 N–H and O–H groups in total. The fourth-order valence-corrected chi connectivity index (χ4v) is 2.61. The Morgan fingerprint density at radius 2 is 2.33 bits per heavy atom. The highest BCUT2D eigenvalue weighted by molar-refractivity contribution is 9.10. The van der Waals surface area contributed by atoms with Gasteiger partial charge in [-0.1, -0.05) is 13.8 Å². The third kappa shape index (κ3) is 3.53. The van der Waals surface area contributed by atoms with Gasteiger partial charge in [-0.25, -0.2) is 0 Å². The van der Waals surface area contributed by atoms with Gasteiger partial charge in [0.15, 0.2) is 0 Å². The summed E-state index contributed by atoms with van der Waals surface area (Å²) in [4.78, 5) is 4.34. The molecule has 1 saturated heterocycles. The maximum atomic E-state index is 10.7. The smallest absolute Gasteiger partial charge is 0.0749 e. The predicted molar refractivity (Wildman–Crippen MR) is 74.4 cm³/mol. The first-order chi connectivity index (χ1) is 8.48. The third-order valence-corrected chi connectivity index (χ3v) is 3.99. The zero-order valence-electron chi connectivity index (χ0n) is 10.9. The molecular formula is C14H20BrNO2. The Hall–Kier alpha value is -0.450. The van der Waals surface area contributed by atoms with Crippen molar-refractivity contribution in [3.05, 3.63) is 28.5 Å². The lowest BCUT2D eigenvalue weighted by molar-refractivity contribution is -0.116. The van der Waals surface area contributed by atoms with Crippen LogP contribution in [0.25, 0.3) is 0 Å². The average Bonchev–Trinajstić information content (AvgIpc) is 2.32. The van der Waals surface area contributed by atoms with Gasteiger partial charge in [-0.05, 0) is 40.4 Å². The second-order valence-corrected chi connectivity index (χ2v) is 6.39. The first-order valence-electron chi connectivity index (χ1n) is 6.43. The van der Waals surface area contributed by atoms with Gasteiger partial charge >= 0.3 is 0 Å². The normalized spacial score (nSPS) is 28.6. The van der Waals surface area contributed by atoms with Crippen LogP contribution in [0.1, 0.15) is 32.4 Å². The maximum Gasteiger partial charge on any atom is 0.0749 e. The molecule has 1 aromatic heterocycles. The molecule has 1 aliphatic rings. The summed E-state index contributed by atoms with van der Waals surface area (Å²) in [6.07, 6.45) is 3.92. The van der Waals surface area contributed by atoms with Crippen molar-refractivity contribution in [1.82, 2.24) is 4.98 Å². The highest BCUT2D eigenvalue weighted by atomic mass is 79.9. The molecule has 2 heterocycles. The Labute approximate surface area is 117 Å². The number of ether oxygens (including phenoxy) is 1. The van der Waals surface area contributed by atoms with Gasteiger partial charge in [0.05, 0.1) is 11.7 Å². The van der Waals surface area contributed by atoms with E-state index in [0.717, 1.165) is 10.2 Å². The first kappa shape index (κ1) is 14.0. The van der Waals surface area contributed by atoms with Crippen molar-refractivity contribution in [2.24, 2.45) is 5.92 Å². The lowest BCUT2D eigenvalue weighted by atomic mass is 9.83. The van der Waals surface area contributed by atoms with Gasteiger partial charge in [-0.3, -0.25) is 4.98 Å².